The van der Waals surface area contributed by atoms with Crippen LogP contribution in [0, 0.1) is 11.2 Å². The van der Waals surface area contributed by atoms with Gasteiger partial charge in [0.1, 0.15) is 11.9 Å². The number of hydrogen-bond donors (Lipinski definition) is 3. The first-order chi connectivity index (χ1) is 11.2. The minimum atomic E-state index is -0.679. The SMILES string of the molecule is CC(C)(C)[C@H](NC(=O)CC[C@@H]1NC(=O)NC1=O)c1ccc(F)cc1. The lowest BCUT2D eigenvalue weighted by molar-refractivity contribution is -0.123. The predicted molar refractivity (Wildman–Crippen MR) is 86.4 cm³/mol. The molecule has 1 aliphatic rings. The number of amides is 4. The fourth-order valence-corrected chi connectivity index (χ4v) is 2.63. The number of nitrogens with one attached hydrogen (secondary N) is 3. The first-order valence-corrected chi connectivity index (χ1v) is 7.83. The molecule has 1 fully saturated rings. The zero-order valence-electron chi connectivity index (χ0n) is 14.0. The van der Waals surface area contributed by atoms with Crippen LogP contribution in [0.25, 0.3) is 0 Å². The Balaban J connectivity index is 1.99. The normalized spacial score (nSPS) is 18.8. The second-order valence-corrected chi connectivity index (χ2v) is 6.97. The van der Waals surface area contributed by atoms with Crippen molar-refractivity contribution in [3.05, 3.63) is 35.6 Å². The van der Waals surface area contributed by atoms with Gasteiger partial charge in [-0.05, 0) is 29.5 Å². The van der Waals surface area contributed by atoms with E-state index in [1.807, 2.05) is 20.8 Å². The molecule has 24 heavy (non-hydrogen) atoms. The molecule has 1 heterocycles. The van der Waals surface area contributed by atoms with E-state index < -0.39 is 18.0 Å². The minimum Gasteiger partial charge on any atom is -0.349 e. The molecule has 4 amide bonds. The molecule has 1 saturated heterocycles. The van der Waals surface area contributed by atoms with Crippen LogP contribution in [0.2, 0.25) is 0 Å². The molecule has 7 heteroatoms. The molecule has 3 N–H and O–H groups in total. The molecule has 0 aliphatic carbocycles. The van der Waals surface area contributed by atoms with Crippen molar-refractivity contribution >= 4 is 17.8 Å². The highest BCUT2D eigenvalue weighted by atomic mass is 19.1. The Bertz CT molecular complexity index is 637. The molecule has 0 unspecified atom stereocenters. The molecule has 130 valence electrons. The van der Waals surface area contributed by atoms with Crippen LogP contribution in [0.4, 0.5) is 9.18 Å². The van der Waals surface area contributed by atoms with Gasteiger partial charge in [0.2, 0.25) is 5.91 Å². The molecular formula is C17H22FN3O3. The lowest BCUT2D eigenvalue weighted by atomic mass is 9.82. The van der Waals surface area contributed by atoms with Crippen LogP contribution < -0.4 is 16.0 Å². The van der Waals surface area contributed by atoms with Crippen molar-refractivity contribution in [2.75, 3.05) is 0 Å². The maximum absolute atomic E-state index is 13.1. The Morgan fingerprint density at radius 1 is 1.25 bits per heavy atom. The van der Waals surface area contributed by atoms with E-state index in [1.165, 1.54) is 12.1 Å². The van der Waals surface area contributed by atoms with Crippen LogP contribution in [-0.2, 0) is 9.59 Å². The number of carbonyl (C=O) groups is 3. The maximum atomic E-state index is 13.1. The average molecular weight is 335 g/mol. The Hall–Kier alpha value is -2.44. The molecule has 0 spiro atoms. The first-order valence-electron chi connectivity index (χ1n) is 7.83. The predicted octanol–water partition coefficient (Wildman–Crippen LogP) is 2.02. The van der Waals surface area contributed by atoms with Gasteiger partial charge in [0.15, 0.2) is 0 Å². The number of benzene rings is 1. The fourth-order valence-electron chi connectivity index (χ4n) is 2.63. The summed E-state index contributed by atoms with van der Waals surface area (Å²) in [6.45, 7) is 5.93. The summed E-state index contributed by atoms with van der Waals surface area (Å²) < 4.78 is 13.1. The van der Waals surface area contributed by atoms with Crippen molar-refractivity contribution in [2.24, 2.45) is 5.41 Å². The Morgan fingerprint density at radius 2 is 1.88 bits per heavy atom. The van der Waals surface area contributed by atoms with Crippen molar-refractivity contribution in [1.29, 1.82) is 0 Å². The maximum Gasteiger partial charge on any atom is 0.322 e. The second kappa shape index (κ2) is 6.98. The van der Waals surface area contributed by atoms with Crippen LogP contribution in [-0.4, -0.2) is 23.9 Å². The zero-order valence-corrected chi connectivity index (χ0v) is 14.0. The first kappa shape index (κ1) is 17.9. The third-order valence-corrected chi connectivity index (χ3v) is 3.89. The highest BCUT2D eigenvalue weighted by Gasteiger charge is 2.31. The smallest absolute Gasteiger partial charge is 0.322 e. The van der Waals surface area contributed by atoms with Gasteiger partial charge in [-0.3, -0.25) is 14.9 Å². The van der Waals surface area contributed by atoms with Crippen molar-refractivity contribution in [2.45, 2.75) is 45.7 Å². The molecule has 2 rings (SSSR count). The van der Waals surface area contributed by atoms with Gasteiger partial charge in [-0.1, -0.05) is 32.9 Å². The summed E-state index contributed by atoms with van der Waals surface area (Å²) in [6.07, 6.45) is 0.329. The van der Waals surface area contributed by atoms with Crippen LogP contribution in [0.3, 0.4) is 0 Å². The van der Waals surface area contributed by atoms with Gasteiger partial charge in [0, 0.05) is 6.42 Å². The standard InChI is InChI=1S/C17H22FN3O3/c1-17(2,3)14(10-4-6-11(18)7-5-10)20-13(22)9-8-12-15(23)21-16(24)19-12/h4-7,12,14H,8-9H2,1-3H3,(H,20,22)(H2,19,21,23,24)/t12-,14+/m0/s1. The van der Waals surface area contributed by atoms with Gasteiger partial charge in [0.05, 0.1) is 6.04 Å². The van der Waals surface area contributed by atoms with Gasteiger partial charge in [0.25, 0.3) is 5.91 Å². The number of halogens is 1. The molecule has 1 aromatic carbocycles. The Morgan fingerprint density at radius 3 is 2.38 bits per heavy atom. The van der Waals surface area contributed by atoms with Crippen molar-refractivity contribution in [3.8, 4) is 0 Å². The van der Waals surface area contributed by atoms with Gasteiger partial charge in [-0.2, -0.15) is 0 Å². The number of urea groups is 1. The summed E-state index contributed by atoms with van der Waals surface area (Å²) in [6, 6.07) is 4.51. The van der Waals surface area contributed by atoms with E-state index in [-0.39, 0.29) is 36.0 Å². The number of hydrogen-bond acceptors (Lipinski definition) is 3. The van der Waals surface area contributed by atoms with Gasteiger partial charge in [-0.25, -0.2) is 9.18 Å². The summed E-state index contributed by atoms with van der Waals surface area (Å²) in [5, 5.41) is 7.53. The number of imide groups is 1. The van der Waals surface area contributed by atoms with Crippen LogP contribution >= 0.6 is 0 Å². The van der Waals surface area contributed by atoms with Gasteiger partial charge >= 0.3 is 6.03 Å². The number of rotatable bonds is 5. The molecule has 0 radical (unpaired) electrons. The molecule has 2 atom stereocenters. The van der Waals surface area contributed by atoms with Crippen molar-refractivity contribution in [1.82, 2.24) is 16.0 Å². The third-order valence-electron chi connectivity index (χ3n) is 3.89. The summed E-state index contributed by atoms with van der Waals surface area (Å²) >= 11 is 0. The van der Waals surface area contributed by atoms with Crippen molar-refractivity contribution in [3.63, 3.8) is 0 Å². The molecular weight excluding hydrogens is 313 g/mol. The van der Waals surface area contributed by atoms with E-state index in [0.29, 0.717) is 0 Å². The second-order valence-electron chi connectivity index (χ2n) is 6.97. The van der Waals surface area contributed by atoms with E-state index in [0.717, 1.165) is 5.56 Å². The van der Waals surface area contributed by atoms with E-state index >= 15 is 0 Å². The lowest BCUT2D eigenvalue weighted by Crippen LogP contribution is -2.38. The summed E-state index contributed by atoms with van der Waals surface area (Å²) in [7, 11) is 0. The fraction of sp³-hybridized carbons (Fsp3) is 0.471. The van der Waals surface area contributed by atoms with Gasteiger partial charge < -0.3 is 10.6 Å². The number of carbonyl (C=O) groups excluding carboxylic acids is 3. The van der Waals surface area contributed by atoms with Crippen LogP contribution in [0.15, 0.2) is 24.3 Å². The summed E-state index contributed by atoms with van der Waals surface area (Å²) in [5.74, 6) is -0.979. The highest BCUT2D eigenvalue weighted by Crippen LogP contribution is 2.32. The Labute approximate surface area is 140 Å². The van der Waals surface area contributed by atoms with Crippen LogP contribution in [0.1, 0.15) is 45.2 Å². The van der Waals surface area contributed by atoms with E-state index in [1.54, 1.807) is 12.1 Å². The van der Waals surface area contributed by atoms with E-state index in [2.05, 4.69) is 16.0 Å². The Kier molecular flexibility index (Phi) is 5.21. The molecule has 1 aromatic rings. The summed E-state index contributed by atoms with van der Waals surface area (Å²) in [4.78, 5) is 34.8. The van der Waals surface area contributed by atoms with Crippen molar-refractivity contribution < 1.29 is 18.8 Å². The summed E-state index contributed by atoms with van der Waals surface area (Å²) in [5.41, 5.74) is 0.538. The average Bonchev–Trinajstić information content (AvgIpc) is 2.80. The quantitative estimate of drug-likeness (QED) is 0.720. The molecule has 6 nitrogen and oxygen atoms in total. The van der Waals surface area contributed by atoms with E-state index in [4.69, 9.17) is 0 Å². The zero-order chi connectivity index (χ0) is 17.9. The monoisotopic (exact) mass is 335 g/mol. The molecule has 0 bridgehead atoms. The topological polar surface area (TPSA) is 87.3 Å². The molecule has 1 aliphatic heterocycles. The minimum absolute atomic E-state index is 0.103. The van der Waals surface area contributed by atoms with E-state index in [9.17, 15) is 18.8 Å². The van der Waals surface area contributed by atoms with Gasteiger partial charge in [-0.15, -0.1) is 0 Å². The lowest BCUT2D eigenvalue weighted by Gasteiger charge is -2.32. The van der Waals surface area contributed by atoms with Crippen LogP contribution in [0.5, 0.6) is 0 Å². The largest absolute Gasteiger partial charge is 0.349 e. The highest BCUT2D eigenvalue weighted by molar-refractivity contribution is 6.04. The third kappa shape index (κ3) is 4.53. The molecule has 0 aromatic heterocycles. The molecule has 0 saturated carbocycles.